The zero-order valence-electron chi connectivity index (χ0n) is 99.3. The molecule has 0 bridgehead atoms. The number of unbranched alkanes of at least 4 members (excludes halogenated alkanes) is 9. The van der Waals surface area contributed by atoms with E-state index in [0.29, 0.717) is 89.3 Å². The number of primary amides is 2. The molecule has 0 aromatic heterocycles. The maximum Gasteiger partial charge on any atom is 0.306 e. The second-order valence-corrected chi connectivity index (χ2v) is 41.8. The minimum atomic E-state index is -0.693. The van der Waals surface area contributed by atoms with Crippen LogP contribution in [0.4, 0.5) is 0 Å². The minimum Gasteiger partial charge on any atom is -0.481 e. The molecule has 35 N–H and O–H groups in total. The fourth-order valence-electron chi connectivity index (χ4n) is 15.2. The van der Waals surface area contributed by atoms with Crippen molar-refractivity contribution < 1.29 is 53.1 Å². The van der Waals surface area contributed by atoms with Crippen molar-refractivity contribution in [1.29, 1.82) is 0 Å². The van der Waals surface area contributed by atoms with E-state index >= 15 is 0 Å². The molecule has 37 heteroatoms. The number of carbonyl (C=O) groups excluding carboxylic acids is 9. The number of amidine groups is 1. The van der Waals surface area contributed by atoms with Crippen LogP contribution < -0.4 is 127 Å². The minimum absolute atomic E-state index is 0.00826. The summed E-state index contributed by atoms with van der Waals surface area (Å²) in [5.41, 5.74) is 59.4. The molecule has 0 fully saturated rings. The van der Waals surface area contributed by atoms with Crippen LogP contribution in [0.1, 0.15) is 339 Å². The summed E-state index contributed by atoms with van der Waals surface area (Å²) in [6, 6.07) is 0. The summed E-state index contributed by atoms with van der Waals surface area (Å²) in [7, 11) is 13.7. The highest BCUT2D eigenvalue weighted by molar-refractivity contribution is 5.82. The molecule has 872 valence electrons. The van der Waals surface area contributed by atoms with Gasteiger partial charge in [0, 0.05) is 168 Å². The first-order valence-electron chi connectivity index (χ1n) is 54.6. The number of aliphatic carboxylic acids is 1. The molecule has 9 amide bonds. The normalized spacial score (nSPS) is 12.4. The Morgan fingerprint density at radius 2 is 0.514 bits per heavy atom. The van der Waals surface area contributed by atoms with Crippen molar-refractivity contribution in [2.24, 2.45) is 185 Å². The van der Waals surface area contributed by atoms with Gasteiger partial charge in [0.15, 0.2) is 5.96 Å². The molecule has 148 heavy (non-hydrogen) atoms. The lowest BCUT2D eigenvalue weighted by Crippen LogP contribution is -2.32. The third-order valence-electron chi connectivity index (χ3n) is 24.5. The molecule has 0 aliphatic heterocycles. The fraction of sp³-hybridized carbons (Fsp3) is 0.784. The monoisotopic (exact) mass is 2110 g/mol. The molecule has 0 aliphatic carbocycles. The van der Waals surface area contributed by atoms with Gasteiger partial charge in [-0.25, -0.2) is 0 Å². The van der Waals surface area contributed by atoms with Gasteiger partial charge < -0.3 is 137 Å². The number of carbonyl (C=O) groups is 10. The fourth-order valence-corrected chi connectivity index (χ4v) is 15.2. The Morgan fingerprint density at radius 3 is 0.723 bits per heavy atom. The molecule has 0 heterocycles. The number of allylic oxidation sites excluding steroid dienone is 1. The number of nitrogens with one attached hydrogen (secondary N) is 12. The van der Waals surface area contributed by atoms with Crippen LogP contribution in [0.3, 0.4) is 0 Å². The molecule has 0 aromatic carbocycles. The number of hydrogen-bond acceptors (Lipinski definition) is 24. The number of guanidine groups is 1. The predicted octanol–water partition coefficient (Wildman–Crippen LogP) is 12.7. The van der Waals surface area contributed by atoms with Crippen LogP contribution in [0.5, 0.6) is 0 Å². The van der Waals surface area contributed by atoms with Gasteiger partial charge in [-0.1, -0.05) is 242 Å². The number of hydrogen-bond donors (Lipinski definition) is 24. The summed E-state index contributed by atoms with van der Waals surface area (Å²) in [6.07, 6.45) is 27.9. The number of nitrogens with two attached hydrogens (primary N) is 11. The van der Waals surface area contributed by atoms with E-state index in [0.717, 1.165) is 218 Å². The Kier molecular flexibility index (Phi) is 111. The molecule has 9 atom stereocenters. The lowest BCUT2D eigenvalue weighted by atomic mass is 9.89. The van der Waals surface area contributed by atoms with Crippen LogP contribution in [0.15, 0.2) is 84.3 Å². The van der Waals surface area contributed by atoms with Crippen molar-refractivity contribution in [2.75, 3.05) is 115 Å². The number of rotatable bonds is 71. The van der Waals surface area contributed by atoms with Crippen molar-refractivity contribution in [3.63, 3.8) is 0 Å². The zero-order valence-corrected chi connectivity index (χ0v) is 99.3. The molecule has 37 nitrogen and oxygen atoms in total. The highest BCUT2D eigenvalue weighted by atomic mass is 16.4. The highest BCUT2D eigenvalue weighted by Gasteiger charge is 2.28. The molecular formula is C111H232N26O11. The molecule has 0 aromatic rings. The van der Waals surface area contributed by atoms with E-state index < -0.39 is 5.97 Å². The average molecular weight is 2110 g/mol. The van der Waals surface area contributed by atoms with E-state index in [1.54, 1.807) is 54.1 Å². The maximum atomic E-state index is 11.9. The first kappa shape index (κ1) is 158. The topological polar surface area (TPSA) is 649 Å². The number of amides is 9. The van der Waals surface area contributed by atoms with Crippen LogP contribution >= 0.6 is 0 Å². The number of nitrogens with zero attached hydrogens (tertiary/aromatic N) is 3. The van der Waals surface area contributed by atoms with Crippen molar-refractivity contribution in [1.82, 2.24) is 68.7 Å². The molecule has 0 aliphatic rings. The van der Waals surface area contributed by atoms with Gasteiger partial charge in [0.2, 0.25) is 53.2 Å². The highest BCUT2D eigenvalue weighted by Crippen LogP contribution is 2.26. The number of carboxylic acids is 1. The molecule has 0 spiro atoms. The van der Waals surface area contributed by atoms with Crippen molar-refractivity contribution in [3.05, 3.63) is 74.3 Å². The molecular weight excluding hydrogens is 1870 g/mol. The van der Waals surface area contributed by atoms with Gasteiger partial charge in [-0.05, 0) is 195 Å². The summed E-state index contributed by atoms with van der Waals surface area (Å²) in [5.74, 6) is 7.33. The zero-order chi connectivity index (χ0) is 117. The number of aliphatic imine (C=N–C) groups is 2. The van der Waals surface area contributed by atoms with E-state index in [2.05, 4.69) is 210 Å². The van der Waals surface area contributed by atoms with E-state index in [9.17, 15) is 47.9 Å². The third kappa shape index (κ3) is 107. The first-order chi connectivity index (χ1) is 68.9. The van der Waals surface area contributed by atoms with Crippen LogP contribution in [0.25, 0.3) is 0 Å². The summed E-state index contributed by atoms with van der Waals surface area (Å²) < 4.78 is 0. The largest absolute Gasteiger partial charge is 0.481 e. The summed E-state index contributed by atoms with van der Waals surface area (Å²) >= 11 is 0. The van der Waals surface area contributed by atoms with Crippen LogP contribution in [0.2, 0.25) is 0 Å². The smallest absolute Gasteiger partial charge is 0.306 e. The van der Waals surface area contributed by atoms with Crippen molar-refractivity contribution in [2.45, 2.75) is 339 Å². The Morgan fingerprint density at radius 1 is 0.284 bits per heavy atom. The molecule has 0 rings (SSSR count). The van der Waals surface area contributed by atoms with Crippen LogP contribution in [-0.4, -0.2) is 196 Å². The van der Waals surface area contributed by atoms with Crippen molar-refractivity contribution in [3.8, 4) is 0 Å². The first-order valence-corrected chi connectivity index (χ1v) is 54.6. The standard InChI is InChI=1S/C13H27N3O.C13H26N2O.2C12H25N3O.2C11H23N3O.C11H22N2O2.C10H22N2O.C9H21N3.C9H18N2O2/c1-10(2)12(13(17)16(4)5)8-6-7-9-15-11(3)14;1-10(2)12(13(16)14-5)8-6-7-9-15-11(3)4;2*1-9(2)11(12(16)14-4)7-5-6-8-15-10(3)13;1-8(2)10(11(15)13-4)6-5-7-14-9(3)12;1-8(2)10(11(13)15)6-4-5-7-14-9(3)12;1-8(2)10(11(14)15)6-4-5-7-13-9(3)12;1-8(2)9(10(13)12-3)6-4-5-7-11;1-8(2)6-4-3-5-7-12-9(10)11;1-6(2)7(9(13)11-3)4-5-8(10)12/h10,12,15H,3,6-9,14H2,1-2,4-5H3;10,12,15H,3,6-9H2,1-2,4-5H3,(H,14,16);2*9,11,15H,3,5-8,13H2,1-2,4H3,(H,14,16);8,10H,5-7H2,1-4H3,(H2,12,14)(H,13,15);8,10,14H,3-7,12H2,1-2H3,(H2,13,15);8,10,13H,3-7,12H2,1-2H3,(H,14,15);8-9H,4-7,11H2,1-3H3,(H,12,13);8H,3-7H2,1-2H3,(H4,10,11,12);6-7H,4-5H2,1-3H3,(H2,10,12)(H,11,13). The average Bonchev–Trinajstić information content (AvgIpc) is 0.886. The predicted molar refractivity (Wildman–Crippen MR) is 624 cm³/mol. The number of carboxylic acid groups (broad SMARTS) is 1. The van der Waals surface area contributed by atoms with E-state index in [-0.39, 0.29) is 131 Å². The quantitative estimate of drug-likeness (QED) is 0.0153. The lowest BCUT2D eigenvalue weighted by Gasteiger charge is -2.23. The SMILES string of the molecule is C=C(C)NCCCCC(C(=O)NC)C(C)C.C=C(N)NCCCCC(C(=O)N(C)C)C(C)C.C=C(N)NCCCCC(C(=O)NC)C(C)C.C=C(N)NCCCCC(C(=O)NC)C(C)C.C=C(N)NCCCCC(C(=O)O)C(C)C.C=C(N)NCCCCC(C(N)=O)C(C)C.CC(C)CCCCCN=C(N)N.CNC(=O)C(CCC(N)=O)C(C)C.CNC(=O)C(CCCCN)C(C)C.CNC(=O)C(CCCN=C(C)N)C(C)C. The van der Waals surface area contributed by atoms with E-state index in [4.69, 9.17) is 68.2 Å². The maximum absolute atomic E-state index is 11.9. The van der Waals surface area contributed by atoms with Gasteiger partial charge in [0.05, 0.1) is 40.9 Å². The molecule has 0 saturated carbocycles. The van der Waals surface area contributed by atoms with Crippen molar-refractivity contribution >= 4 is 70.9 Å². The molecule has 0 saturated heterocycles. The van der Waals surface area contributed by atoms with E-state index in [1.165, 1.54) is 19.3 Å². The lowest BCUT2D eigenvalue weighted by molar-refractivity contribution is -0.143. The van der Waals surface area contributed by atoms with Crippen LogP contribution in [0, 0.1) is 112 Å². The second kappa shape index (κ2) is 104. The third-order valence-corrected chi connectivity index (χ3v) is 24.5. The Hall–Kier alpha value is -10.4. The van der Waals surface area contributed by atoms with Gasteiger partial charge in [0.25, 0.3) is 0 Å². The summed E-state index contributed by atoms with van der Waals surface area (Å²) in [6.45, 7) is 73.9. The van der Waals surface area contributed by atoms with Gasteiger partial charge in [-0.2, -0.15) is 0 Å². The Balaban J connectivity index is -0.000000179. The second-order valence-electron chi connectivity index (χ2n) is 41.8. The van der Waals surface area contributed by atoms with Crippen LogP contribution in [-0.2, 0) is 47.9 Å². The summed E-state index contributed by atoms with van der Waals surface area (Å²) in [4.78, 5) is 123. The van der Waals surface area contributed by atoms with Gasteiger partial charge >= 0.3 is 5.97 Å². The van der Waals surface area contributed by atoms with E-state index in [1.807, 2.05) is 62.6 Å². The molecule has 0 radical (unpaired) electrons. The van der Waals surface area contributed by atoms with Gasteiger partial charge in [-0.3, -0.25) is 57.9 Å². The van der Waals surface area contributed by atoms with Gasteiger partial charge in [-0.15, -0.1) is 0 Å². The van der Waals surface area contributed by atoms with Gasteiger partial charge in [0.1, 0.15) is 0 Å². The molecule has 9 unspecified atom stereocenters. The Bertz CT molecular complexity index is 3350. The Labute approximate surface area is 901 Å². The summed E-state index contributed by atoms with van der Waals surface area (Å²) in [5, 5.41) is 43.1.